The van der Waals surface area contributed by atoms with Crippen molar-refractivity contribution in [1.29, 1.82) is 0 Å². The van der Waals surface area contributed by atoms with Crippen molar-refractivity contribution in [2.24, 2.45) is 5.92 Å². The van der Waals surface area contributed by atoms with Gasteiger partial charge in [-0.15, -0.1) is 0 Å². The summed E-state index contributed by atoms with van der Waals surface area (Å²) in [6.45, 7) is 6.14. The third-order valence-corrected chi connectivity index (χ3v) is 5.60. The first-order chi connectivity index (χ1) is 13.7. The standard InChI is InChI=1S/C21H27N3O4/c1-15-11-17(28-22-15)12-16-13-24(14-20(16)26-2)21(25)18-5-3-4-6-19(18)23-7-9-27-10-8-23/h3-6,11,16,20H,7-10,12-14H2,1-2H3. The number of carbonyl (C=O) groups is 1. The van der Waals surface area contributed by atoms with Crippen LogP contribution >= 0.6 is 0 Å². The van der Waals surface area contributed by atoms with E-state index in [0.717, 1.165) is 35.8 Å². The second-order valence-electron chi connectivity index (χ2n) is 7.50. The Labute approximate surface area is 165 Å². The first-order valence-electron chi connectivity index (χ1n) is 9.81. The van der Waals surface area contributed by atoms with Crippen LogP contribution in [0.15, 0.2) is 34.9 Å². The molecular formula is C21H27N3O4. The Hall–Kier alpha value is -2.38. The Balaban J connectivity index is 1.50. The lowest BCUT2D eigenvalue weighted by Crippen LogP contribution is -2.38. The second kappa shape index (κ2) is 8.32. The molecule has 1 aromatic carbocycles. The summed E-state index contributed by atoms with van der Waals surface area (Å²) in [5.74, 6) is 1.09. The maximum Gasteiger partial charge on any atom is 0.256 e. The van der Waals surface area contributed by atoms with Crippen LogP contribution in [0.3, 0.4) is 0 Å². The molecule has 0 saturated carbocycles. The molecule has 2 saturated heterocycles. The van der Waals surface area contributed by atoms with Gasteiger partial charge in [-0.25, -0.2) is 0 Å². The van der Waals surface area contributed by atoms with Gasteiger partial charge in [-0.2, -0.15) is 0 Å². The predicted molar refractivity (Wildman–Crippen MR) is 105 cm³/mol. The van der Waals surface area contributed by atoms with Gasteiger partial charge in [-0.05, 0) is 19.1 Å². The number of ether oxygens (including phenoxy) is 2. The number of benzene rings is 1. The lowest BCUT2D eigenvalue weighted by atomic mass is 10.0. The third kappa shape index (κ3) is 3.91. The Kier molecular flexibility index (Phi) is 5.64. The largest absolute Gasteiger partial charge is 0.379 e. The zero-order valence-corrected chi connectivity index (χ0v) is 16.5. The van der Waals surface area contributed by atoms with Gasteiger partial charge < -0.3 is 23.8 Å². The summed E-state index contributed by atoms with van der Waals surface area (Å²) in [7, 11) is 1.71. The Bertz CT molecular complexity index is 815. The molecule has 2 aromatic rings. The molecule has 0 bridgehead atoms. The van der Waals surface area contributed by atoms with Crippen LogP contribution in [-0.4, -0.2) is 68.6 Å². The summed E-state index contributed by atoms with van der Waals surface area (Å²) in [6, 6.07) is 9.80. The van der Waals surface area contributed by atoms with Gasteiger partial charge in [-0.1, -0.05) is 17.3 Å². The van der Waals surface area contributed by atoms with Crippen LogP contribution in [0.5, 0.6) is 0 Å². The SMILES string of the molecule is COC1CN(C(=O)c2ccccc2N2CCOCC2)CC1Cc1cc(C)no1. The zero-order valence-electron chi connectivity index (χ0n) is 16.5. The Morgan fingerprint density at radius 2 is 2.04 bits per heavy atom. The fourth-order valence-electron chi connectivity index (χ4n) is 4.15. The summed E-state index contributed by atoms with van der Waals surface area (Å²) >= 11 is 0. The fourth-order valence-corrected chi connectivity index (χ4v) is 4.15. The van der Waals surface area contributed by atoms with E-state index in [2.05, 4.69) is 10.1 Å². The molecule has 2 atom stereocenters. The molecule has 1 amide bonds. The minimum atomic E-state index is -0.00935. The molecule has 28 heavy (non-hydrogen) atoms. The number of hydrogen-bond acceptors (Lipinski definition) is 6. The van der Waals surface area contributed by atoms with E-state index in [1.165, 1.54) is 0 Å². The molecule has 1 aromatic heterocycles. The Morgan fingerprint density at radius 3 is 2.75 bits per heavy atom. The number of nitrogens with zero attached hydrogens (tertiary/aromatic N) is 3. The first-order valence-corrected chi connectivity index (χ1v) is 9.81. The van der Waals surface area contributed by atoms with Crippen molar-refractivity contribution >= 4 is 11.6 Å². The number of rotatable bonds is 5. The average molecular weight is 385 g/mol. The van der Waals surface area contributed by atoms with Crippen molar-refractivity contribution in [3.8, 4) is 0 Å². The van der Waals surface area contributed by atoms with Gasteiger partial charge in [0.1, 0.15) is 5.76 Å². The molecule has 4 rings (SSSR count). The van der Waals surface area contributed by atoms with Crippen LogP contribution in [0, 0.1) is 12.8 Å². The number of hydrogen-bond donors (Lipinski definition) is 0. The highest BCUT2D eigenvalue weighted by molar-refractivity contribution is 6.00. The molecule has 2 unspecified atom stereocenters. The van der Waals surface area contributed by atoms with E-state index in [1.54, 1.807) is 7.11 Å². The lowest BCUT2D eigenvalue weighted by molar-refractivity contribution is 0.0672. The van der Waals surface area contributed by atoms with Gasteiger partial charge >= 0.3 is 0 Å². The number of anilines is 1. The van der Waals surface area contributed by atoms with E-state index in [1.807, 2.05) is 42.2 Å². The zero-order chi connectivity index (χ0) is 19.5. The van der Waals surface area contributed by atoms with E-state index < -0.39 is 0 Å². The van der Waals surface area contributed by atoms with Gasteiger partial charge in [0.15, 0.2) is 0 Å². The summed E-state index contributed by atoms with van der Waals surface area (Å²) in [5.41, 5.74) is 2.60. The van der Waals surface area contributed by atoms with Crippen molar-refractivity contribution < 1.29 is 18.8 Å². The van der Waals surface area contributed by atoms with E-state index in [0.29, 0.717) is 32.7 Å². The highest BCUT2D eigenvalue weighted by Gasteiger charge is 2.37. The van der Waals surface area contributed by atoms with Crippen molar-refractivity contribution in [3.63, 3.8) is 0 Å². The van der Waals surface area contributed by atoms with E-state index in [4.69, 9.17) is 14.0 Å². The second-order valence-corrected chi connectivity index (χ2v) is 7.50. The predicted octanol–water partition coefficient (Wildman–Crippen LogP) is 2.15. The third-order valence-electron chi connectivity index (χ3n) is 5.60. The van der Waals surface area contributed by atoms with Crippen LogP contribution in [0.4, 0.5) is 5.69 Å². The molecule has 0 N–H and O–H groups in total. The molecule has 0 spiro atoms. The molecule has 2 fully saturated rings. The van der Waals surface area contributed by atoms with Crippen LogP contribution in [0.2, 0.25) is 0 Å². The molecule has 3 heterocycles. The average Bonchev–Trinajstić information content (AvgIpc) is 3.34. The maximum atomic E-state index is 13.4. The number of likely N-dealkylation sites (tertiary alicyclic amines) is 1. The van der Waals surface area contributed by atoms with E-state index >= 15 is 0 Å². The first kappa shape index (κ1) is 19.0. The molecule has 0 aliphatic carbocycles. The topological polar surface area (TPSA) is 68.0 Å². The van der Waals surface area contributed by atoms with Gasteiger partial charge in [-0.3, -0.25) is 4.79 Å². The Morgan fingerprint density at radius 1 is 1.25 bits per heavy atom. The summed E-state index contributed by atoms with van der Waals surface area (Å²) in [5, 5.41) is 3.96. The lowest BCUT2D eigenvalue weighted by Gasteiger charge is -2.31. The summed E-state index contributed by atoms with van der Waals surface area (Å²) in [6.07, 6.45) is 0.707. The number of carbonyl (C=O) groups excluding carboxylic acids is 1. The van der Waals surface area contributed by atoms with Gasteiger partial charge in [0.25, 0.3) is 5.91 Å². The number of morpholine rings is 1. The number of aromatic nitrogens is 1. The summed E-state index contributed by atoms with van der Waals surface area (Å²) in [4.78, 5) is 17.5. The molecule has 2 aliphatic heterocycles. The quantitative estimate of drug-likeness (QED) is 0.786. The summed E-state index contributed by atoms with van der Waals surface area (Å²) < 4.78 is 16.5. The normalized spacial score (nSPS) is 22.6. The smallest absolute Gasteiger partial charge is 0.256 e. The van der Waals surface area contributed by atoms with E-state index in [9.17, 15) is 4.79 Å². The van der Waals surface area contributed by atoms with Crippen molar-refractivity contribution in [2.75, 3.05) is 51.4 Å². The van der Waals surface area contributed by atoms with Gasteiger partial charge in [0.2, 0.25) is 0 Å². The number of methoxy groups -OCH3 is 1. The minimum absolute atomic E-state index is 0.00935. The highest BCUT2D eigenvalue weighted by Crippen LogP contribution is 2.28. The number of para-hydroxylation sites is 1. The minimum Gasteiger partial charge on any atom is -0.379 e. The molecular weight excluding hydrogens is 358 g/mol. The maximum absolute atomic E-state index is 13.4. The van der Waals surface area contributed by atoms with Crippen LogP contribution in [0.25, 0.3) is 0 Å². The van der Waals surface area contributed by atoms with Gasteiger partial charge in [0, 0.05) is 57.4 Å². The van der Waals surface area contributed by atoms with Crippen molar-refractivity contribution in [1.82, 2.24) is 10.1 Å². The van der Waals surface area contributed by atoms with Crippen molar-refractivity contribution in [3.05, 3.63) is 47.3 Å². The molecule has 7 heteroatoms. The number of aryl methyl sites for hydroxylation is 1. The van der Waals surface area contributed by atoms with Crippen LogP contribution in [-0.2, 0) is 15.9 Å². The molecule has 2 aliphatic rings. The van der Waals surface area contributed by atoms with E-state index in [-0.39, 0.29) is 17.9 Å². The molecule has 150 valence electrons. The van der Waals surface area contributed by atoms with Crippen molar-refractivity contribution in [2.45, 2.75) is 19.4 Å². The molecule has 7 nitrogen and oxygen atoms in total. The van der Waals surface area contributed by atoms with Gasteiger partial charge in [0.05, 0.1) is 30.6 Å². The molecule has 0 radical (unpaired) electrons. The van der Waals surface area contributed by atoms with Crippen LogP contribution in [0.1, 0.15) is 21.8 Å². The monoisotopic (exact) mass is 385 g/mol. The van der Waals surface area contributed by atoms with Crippen LogP contribution < -0.4 is 4.90 Å². The number of amides is 1. The fraction of sp³-hybridized carbons (Fsp3) is 0.524. The highest BCUT2D eigenvalue weighted by atomic mass is 16.5.